The first kappa shape index (κ1) is 7.85. The Hall–Kier alpha value is -0.150. The first-order chi connectivity index (χ1) is 3.56. The number of nitrogens with one attached hydrogen (secondary N) is 1. The molecule has 50 valence electrons. The van der Waals surface area contributed by atoms with Crippen molar-refractivity contribution in [1.29, 1.82) is 0 Å². The van der Waals surface area contributed by atoms with Gasteiger partial charge in [-0.1, -0.05) is 0 Å². The lowest BCUT2D eigenvalue weighted by Crippen LogP contribution is -2.34. The molecule has 0 unspecified atom stereocenters. The molecule has 0 aromatic heterocycles. The zero-order chi connectivity index (χ0) is 6.62. The van der Waals surface area contributed by atoms with Crippen LogP contribution in [0.2, 0.25) is 0 Å². The number of rotatable bonds is 3. The van der Waals surface area contributed by atoms with Gasteiger partial charge in [0.05, 0.1) is 5.60 Å². The fourth-order valence-electron chi connectivity index (χ4n) is 0.353. The van der Waals surface area contributed by atoms with Crippen LogP contribution >= 0.6 is 0 Å². The average Bonchev–Trinajstić information content (AvgIpc) is 1.59. The zero-order valence-corrected chi connectivity index (χ0v) is 5.24. The van der Waals surface area contributed by atoms with Crippen molar-refractivity contribution in [3.63, 3.8) is 0 Å². The molecule has 0 aliphatic heterocycles. The minimum absolute atomic E-state index is 0.295. The Morgan fingerprint density at radius 2 is 2.12 bits per heavy atom. The molecule has 0 atom stereocenters. The summed E-state index contributed by atoms with van der Waals surface area (Å²) in [6, 6.07) is 0. The number of halogens is 1. The lowest BCUT2D eigenvalue weighted by Gasteiger charge is -2.15. The van der Waals surface area contributed by atoms with E-state index in [1.165, 1.54) is 0 Å². The van der Waals surface area contributed by atoms with Crippen molar-refractivity contribution in [2.45, 2.75) is 19.4 Å². The summed E-state index contributed by atoms with van der Waals surface area (Å²) in [4.78, 5) is 0. The lowest BCUT2D eigenvalue weighted by atomic mass is 10.1. The Morgan fingerprint density at radius 3 is 2.25 bits per heavy atom. The number of aliphatic hydroxyl groups is 1. The number of alkyl halides is 1. The van der Waals surface area contributed by atoms with E-state index in [2.05, 4.69) is 5.32 Å². The molecule has 0 aliphatic carbocycles. The summed E-state index contributed by atoms with van der Waals surface area (Å²) in [7, 11) is 0. The Morgan fingerprint density at radius 1 is 1.62 bits per heavy atom. The third-order valence-electron chi connectivity index (χ3n) is 0.652. The normalized spacial score (nSPS) is 12.0. The van der Waals surface area contributed by atoms with Crippen molar-refractivity contribution in [3.05, 3.63) is 0 Å². The van der Waals surface area contributed by atoms with Crippen molar-refractivity contribution in [2.75, 3.05) is 13.3 Å². The first-order valence-electron chi connectivity index (χ1n) is 2.55. The molecule has 0 aromatic rings. The van der Waals surface area contributed by atoms with Crippen LogP contribution in [0, 0.1) is 0 Å². The van der Waals surface area contributed by atoms with E-state index in [1.807, 2.05) is 0 Å². The molecule has 0 saturated heterocycles. The fraction of sp³-hybridized carbons (Fsp3) is 1.00. The van der Waals surface area contributed by atoms with Gasteiger partial charge in [-0.2, -0.15) is 0 Å². The van der Waals surface area contributed by atoms with Gasteiger partial charge >= 0.3 is 0 Å². The molecule has 0 spiro atoms. The summed E-state index contributed by atoms with van der Waals surface area (Å²) in [6.45, 7) is 2.96. The highest BCUT2D eigenvalue weighted by atomic mass is 19.1. The molecular formula is C5H12FNO. The van der Waals surface area contributed by atoms with Crippen LogP contribution in [0.1, 0.15) is 13.8 Å². The second-order valence-corrected chi connectivity index (χ2v) is 2.37. The molecule has 0 fully saturated rings. The Bertz CT molecular complexity index is 59.9. The van der Waals surface area contributed by atoms with Crippen LogP contribution in [-0.4, -0.2) is 24.1 Å². The van der Waals surface area contributed by atoms with Crippen LogP contribution in [-0.2, 0) is 0 Å². The molecule has 0 amide bonds. The standard InChI is InChI=1S/C5H12FNO/c1-5(2,8)3-7-4-6/h7-8H,3-4H2,1-2H3. The third kappa shape index (κ3) is 5.85. The number of hydrogen-bond donors (Lipinski definition) is 2. The molecule has 2 nitrogen and oxygen atoms in total. The van der Waals surface area contributed by atoms with Crippen LogP contribution in [0.15, 0.2) is 0 Å². The molecule has 0 radical (unpaired) electrons. The monoisotopic (exact) mass is 121 g/mol. The van der Waals surface area contributed by atoms with Crippen molar-refractivity contribution >= 4 is 0 Å². The van der Waals surface area contributed by atoms with E-state index in [0.717, 1.165) is 0 Å². The summed E-state index contributed by atoms with van der Waals surface area (Å²) in [5, 5.41) is 11.3. The predicted octanol–water partition coefficient (Wildman–Crippen LogP) is 0.274. The van der Waals surface area contributed by atoms with Crippen molar-refractivity contribution in [2.24, 2.45) is 0 Å². The Balaban J connectivity index is 3.11. The molecule has 0 saturated carbocycles. The van der Waals surface area contributed by atoms with E-state index in [4.69, 9.17) is 5.11 Å². The van der Waals surface area contributed by atoms with Gasteiger partial charge in [0.25, 0.3) is 0 Å². The maximum Gasteiger partial charge on any atom is 0.140 e. The van der Waals surface area contributed by atoms with Crippen molar-refractivity contribution < 1.29 is 9.50 Å². The second-order valence-electron chi connectivity index (χ2n) is 2.37. The molecular weight excluding hydrogens is 109 g/mol. The van der Waals surface area contributed by atoms with Gasteiger partial charge < -0.3 is 5.11 Å². The predicted molar refractivity (Wildman–Crippen MR) is 30.3 cm³/mol. The molecule has 3 heteroatoms. The van der Waals surface area contributed by atoms with Crippen molar-refractivity contribution in [1.82, 2.24) is 5.32 Å². The van der Waals surface area contributed by atoms with Gasteiger partial charge in [0.1, 0.15) is 6.80 Å². The summed E-state index contributed by atoms with van der Waals surface area (Å²) in [5.74, 6) is 0. The first-order valence-corrected chi connectivity index (χ1v) is 2.55. The van der Waals surface area contributed by atoms with Gasteiger partial charge in [0.2, 0.25) is 0 Å². The lowest BCUT2D eigenvalue weighted by molar-refractivity contribution is 0.0764. The van der Waals surface area contributed by atoms with E-state index in [0.29, 0.717) is 6.54 Å². The molecule has 0 aromatic carbocycles. The fourth-order valence-corrected chi connectivity index (χ4v) is 0.353. The van der Waals surface area contributed by atoms with E-state index >= 15 is 0 Å². The highest BCUT2D eigenvalue weighted by Crippen LogP contribution is 1.95. The van der Waals surface area contributed by atoms with Gasteiger partial charge in [0.15, 0.2) is 0 Å². The SMILES string of the molecule is CC(C)(O)CNCF. The topological polar surface area (TPSA) is 32.3 Å². The van der Waals surface area contributed by atoms with Crippen LogP contribution in [0.5, 0.6) is 0 Å². The van der Waals surface area contributed by atoms with Crippen LogP contribution < -0.4 is 5.32 Å². The summed E-state index contributed by atoms with van der Waals surface area (Å²) >= 11 is 0. The molecule has 0 aliphatic rings. The van der Waals surface area contributed by atoms with E-state index in [1.54, 1.807) is 13.8 Å². The Kier molecular flexibility index (Phi) is 2.94. The maximum atomic E-state index is 11.3. The highest BCUT2D eigenvalue weighted by molar-refractivity contribution is 4.66. The minimum Gasteiger partial charge on any atom is -0.389 e. The van der Waals surface area contributed by atoms with Gasteiger partial charge in [-0.25, -0.2) is 4.39 Å². The van der Waals surface area contributed by atoms with Gasteiger partial charge in [-0.05, 0) is 13.8 Å². The minimum atomic E-state index is -0.800. The smallest absolute Gasteiger partial charge is 0.140 e. The van der Waals surface area contributed by atoms with Gasteiger partial charge in [-0.3, -0.25) is 5.32 Å². The summed E-state index contributed by atoms with van der Waals surface area (Å²) < 4.78 is 11.3. The van der Waals surface area contributed by atoms with E-state index in [9.17, 15) is 4.39 Å². The molecule has 0 bridgehead atoms. The summed E-state index contributed by atoms with van der Waals surface area (Å²) in [5.41, 5.74) is -0.800. The van der Waals surface area contributed by atoms with Gasteiger partial charge in [-0.15, -0.1) is 0 Å². The largest absolute Gasteiger partial charge is 0.389 e. The zero-order valence-electron chi connectivity index (χ0n) is 5.24. The van der Waals surface area contributed by atoms with E-state index in [-0.39, 0.29) is 0 Å². The number of hydrogen-bond acceptors (Lipinski definition) is 2. The van der Waals surface area contributed by atoms with Crippen molar-refractivity contribution in [3.8, 4) is 0 Å². The van der Waals surface area contributed by atoms with Crippen LogP contribution in [0.3, 0.4) is 0 Å². The summed E-state index contributed by atoms with van der Waals surface area (Å²) in [6.07, 6.45) is 0. The Labute approximate surface area is 48.7 Å². The quantitative estimate of drug-likeness (QED) is 0.525. The van der Waals surface area contributed by atoms with E-state index < -0.39 is 12.4 Å². The van der Waals surface area contributed by atoms with Gasteiger partial charge in [0, 0.05) is 6.54 Å². The average molecular weight is 121 g/mol. The molecule has 8 heavy (non-hydrogen) atoms. The highest BCUT2D eigenvalue weighted by Gasteiger charge is 2.09. The van der Waals surface area contributed by atoms with Crippen LogP contribution in [0.25, 0.3) is 0 Å². The van der Waals surface area contributed by atoms with Crippen LogP contribution in [0.4, 0.5) is 4.39 Å². The molecule has 0 rings (SSSR count). The third-order valence-corrected chi connectivity index (χ3v) is 0.652. The maximum absolute atomic E-state index is 11.3. The molecule has 0 heterocycles. The second kappa shape index (κ2) is 2.99. The molecule has 2 N–H and O–H groups in total.